The molecule has 0 aromatic heterocycles. The molecule has 100 valence electrons. The second-order valence-electron chi connectivity index (χ2n) is 5.27. The van der Waals surface area contributed by atoms with Gasteiger partial charge in [0.25, 0.3) is 0 Å². The maximum atomic E-state index is 5.59. The van der Waals surface area contributed by atoms with Gasteiger partial charge in [0.15, 0.2) is 0 Å². The van der Waals surface area contributed by atoms with Crippen LogP contribution >= 0.6 is 0 Å². The summed E-state index contributed by atoms with van der Waals surface area (Å²) in [6.45, 7) is 5.73. The molecular formula is C13H26N2O2. The monoisotopic (exact) mass is 242 g/mol. The van der Waals surface area contributed by atoms with Crippen LogP contribution < -0.4 is 10.6 Å². The summed E-state index contributed by atoms with van der Waals surface area (Å²) in [5.41, 5.74) is 0. The lowest BCUT2D eigenvalue weighted by Crippen LogP contribution is -2.38. The van der Waals surface area contributed by atoms with Crippen LogP contribution in [0.15, 0.2) is 0 Å². The highest BCUT2D eigenvalue weighted by molar-refractivity contribution is 4.81. The Morgan fingerprint density at radius 2 is 2.18 bits per heavy atom. The number of rotatable bonds is 9. The average Bonchev–Trinajstić information content (AvgIpc) is 3.05. The van der Waals surface area contributed by atoms with E-state index in [0.29, 0.717) is 12.0 Å². The Bertz CT molecular complexity index is 210. The van der Waals surface area contributed by atoms with E-state index in [9.17, 15) is 0 Å². The smallest absolute Gasteiger partial charge is 0.0623 e. The van der Waals surface area contributed by atoms with Gasteiger partial charge in [-0.1, -0.05) is 0 Å². The lowest BCUT2D eigenvalue weighted by atomic mass is 10.0. The predicted molar refractivity (Wildman–Crippen MR) is 68.2 cm³/mol. The molecule has 2 unspecified atom stereocenters. The van der Waals surface area contributed by atoms with E-state index < -0.39 is 0 Å². The zero-order valence-electron chi connectivity index (χ0n) is 10.9. The third-order valence-electron chi connectivity index (χ3n) is 3.67. The lowest BCUT2D eigenvalue weighted by molar-refractivity contribution is 0.121. The van der Waals surface area contributed by atoms with Gasteiger partial charge in [-0.15, -0.1) is 0 Å². The largest absolute Gasteiger partial charge is 0.381 e. The van der Waals surface area contributed by atoms with Gasteiger partial charge in [-0.05, 0) is 38.8 Å². The molecule has 1 saturated carbocycles. The summed E-state index contributed by atoms with van der Waals surface area (Å²) in [7, 11) is 2.01. The first-order chi connectivity index (χ1) is 8.40. The molecule has 0 aromatic rings. The molecule has 17 heavy (non-hydrogen) atoms. The zero-order chi connectivity index (χ0) is 11.9. The van der Waals surface area contributed by atoms with E-state index in [-0.39, 0.29) is 0 Å². The van der Waals surface area contributed by atoms with Crippen LogP contribution in [0.25, 0.3) is 0 Å². The normalized spacial score (nSPS) is 28.8. The summed E-state index contributed by atoms with van der Waals surface area (Å²) < 4.78 is 11.1. The Kier molecular flexibility index (Phi) is 5.71. The third-order valence-corrected chi connectivity index (χ3v) is 3.67. The summed E-state index contributed by atoms with van der Waals surface area (Å²) in [4.78, 5) is 0. The van der Waals surface area contributed by atoms with Crippen molar-refractivity contribution in [2.75, 3.05) is 46.6 Å². The molecule has 1 aliphatic carbocycles. The first-order valence-electron chi connectivity index (χ1n) is 6.93. The van der Waals surface area contributed by atoms with Crippen molar-refractivity contribution in [2.45, 2.75) is 25.3 Å². The highest BCUT2D eigenvalue weighted by Crippen LogP contribution is 2.28. The molecule has 2 aliphatic rings. The minimum atomic E-state index is 0.522. The molecule has 2 N–H and O–H groups in total. The molecule has 1 heterocycles. The Morgan fingerprint density at radius 1 is 1.29 bits per heavy atom. The fraction of sp³-hybridized carbons (Fsp3) is 1.00. The van der Waals surface area contributed by atoms with Gasteiger partial charge in [-0.3, -0.25) is 0 Å². The molecule has 2 fully saturated rings. The number of hydrogen-bond donors (Lipinski definition) is 2. The molecule has 0 radical (unpaired) electrons. The molecule has 1 saturated heterocycles. The maximum absolute atomic E-state index is 5.59. The van der Waals surface area contributed by atoms with Crippen molar-refractivity contribution in [2.24, 2.45) is 11.8 Å². The van der Waals surface area contributed by atoms with Crippen LogP contribution in [0.2, 0.25) is 0 Å². The standard InChI is InChI=1S/C13H26N2O2/c1-14-13-10-17-9-12(13)7-15-5-2-6-16-8-11-3-4-11/h11-15H,2-10H2,1H3. The molecule has 0 bridgehead atoms. The van der Waals surface area contributed by atoms with Crippen LogP contribution in [0.4, 0.5) is 0 Å². The molecule has 1 aliphatic heterocycles. The summed E-state index contributed by atoms with van der Waals surface area (Å²) in [5, 5.41) is 6.80. The summed E-state index contributed by atoms with van der Waals surface area (Å²) in [5.74, 6) is 1.50. The van der Waals surface area contributed by atoms with Crippen LogP contribution in [-0.2, 0) is 9.47 Å². The molecule has 0 amide bonds. The van der Waals surface area contributed by atoms with Gasteiger partial charge >= 0.3 is 0 Å². The van der Waals surface area contributed by atoms with E-state index in [4.69, 9.17) is 9.47 Å². The topological polar surface area (TPSA) is 42.5 Å². The molecule has 0 spiro atoms. The molecule has 4 nitrogen and oxygen atoms in total. The minimum Gasteiger partial charge on any atom is -0.381 e. The van der Waals surface area contributed by atoms with Crippen LogP contribution in [0, 0.1) is 11.8 Å². The predicted octanol–water partition coefficient (Wildman–Crippen LogP) is 0.627. The molecule has 2 atom stereocenters. The second-order valence-corrected chi connectivity index (χ2v) is 5.27. The minimum absolute atomic E-state index is 0.522. The fourth-order valence-electron chi connectivity index (χ4n) is 2.24. The van der Waals surface area contributed by atoms with Crippen LogP contribution in [-0.4, -0.2) is 52.6 Å². The van der Waals surface area contributed by atoms with Gasteiger partial charge in [-0.2, -0.15) is 0 Å². The van der Waals surface area contributed by atoms with Crippen LogP contribution in [0.1, 0.15) is 19.3 Å². The van der Waals surface area contributed by atoms with Crippen molar-refractivity contribution in [3.05, 3.63) is 0 Å². The summed E-state index contributed by atoms with van der Waals surface area (Å²) in [6.07, 6.45) is 3.88. The number of nitrogens with one attached hydrogen (secondary N) is 2. The van der Waals surface area contributed by atoms with Crippen molar-refractivity contribution >= 4 is 0 Å². The summed E-state index contributed by atoms with van der Waals surface area (Å²) >= 11 is 0. The highest BCUT2D eigenvalue weighted by atomic mass is 16.5. The van der Waals surface area contributed by atoms with E-state index in [2.05, 4.69) is 10.6 Å². The Morgan fingerprint density at radius 3 is 2.94 bits per heavy atom. The number of hydrogen-bond acceptors (Lipinski definition) is 4. The first kappa shape index (κ1) is 13.3. The van der Waals surface area contributed by atoms with E-state index in [1.165, 1.54) is 12.8 Å². The van der Waals surface area contributed by atoms with Crippen molar-refractivity contribution in [1.29, 1.82) is 0 Å². The van der Waals surface area contributed by atoms with E-state index in [0.717, 1.165) is 51.9 Å². The van der Waals surface area contributed by atoms with Gasteiger partial charge in [0.2, 0.25) is 0 Å². The SMILES string of the molecule is CNC1COCC1CNCCCOCC1CC1. The average molecular weight is 242 g/mol. The molecular weight excluding hydrogens is 216 g/mol. The lowest BCUT2D eigenvalue weighted by Gasteiger charge is -2.17. The molecule has 0 aromatic carbocycles. The highest BCUT2D eigenvalue weighted by Gasteiger charge is 2.26. The number of likely N-dealkylation sites (N-methyl/N-ethyl adjacent to an activating group) is 1. The van der Waals surface area contributed by atoms with Gasteiger partial charge in [-0.25, -0.2) is 0 Å². The van der Waals surface area contributed by atoms with Gasteiger partial charge in [0.05, 0.1) is 13.2 Å². The van der Waals surface area contributed by atoms with E-state index in [1.807, 2.05) is 7.05 Å². The van der Waals surface area contributed by atoms with Crippen molar-refractivity contribution in [3.63, 3.8) is 0 Å². The quantitative estimate of drug-likeness (QED) is 0.582. The van der Waals surface area contributed by atoms with Crippen molar-refractivity contribution in [1.82, 2.24) is 10.6 Å². The molecule has 4 heteroatoms. The van der Waals surface area contributed by atoms with Crippen LogP contribution in [0.3, 0.4) is 0 Å². The van der Waals surface area contributed by atoms with Gasteiger partial charge in [0.1, 0.15) is 0 Å². The Labute approximate surface area is 104 Å². The van der Waals surface area contributed by atoms with E-state index >= 15 is 0 Å². The van der Waals surface area contributed by atoms with E-state index in [1.54, 1.807) is 0 Å². The first-order valence-corrected chi connectivity index (χ1v) is 6.93. The van der Waals surface area contributed by atoms with Gasteiger partial charge in [0, 0.05) is 31.7 Å². The Hall–Kier alpha value is -0.160. The molecule has 2 rings (SSSR count). The number of ether oxygens (including phenoxy) is 2. The zero-order valence-corrected chi connectivity index (χ0v) is 10.9. The maximum Gasteiger partial charge on any atom is 0.0623 e. The third kappa shape index (κ3) is 4.92. The Balaban J connectivity index is 1.40. The summed E-state index contributed by atoms with van der Waals surface area (Å²) in [6, 6.07) is 0.522. The van der Waals surface area contributed by atoms with Crippen LogP contribution in [0.5, 0.6) is 0 Å². The van der Waals surface area contributed by atoms with Crippen molar-refractivity contribution < 1.29 is 9.47 Å². The fourth-order valence-corrected chi connectivity index (χ4v) is 2.24. The van der Waals surface area contributed by atoms with Gasteiger partial charge < -0.3 is 20.1 Å². The van der Waals surface area contributed by atoms with Crippen molar-refractivity contribution in [3.8, 4) is 0 Å². The second kappa shape index (κ2) is 7.31.